The van der Waals surface area contributed by atoms with Gasteiger partial charge in [-0.25, -0.2) is 0 Å². The maximum absolute atomic E-state index is 11.7. The quantitative estimate of drug-likeness (QED) is 0.0269. The Kier molecular flexibility index (Phi) is 24.9. The zero-order valence-electron chi connectivity index (χ0n) is 49.0. The van der Waals surface area contributed by atoms with Crippen molar-refractivity contribution in [1.29, 1.82) is 0 Å². The van der Waals surface area contributed by atoms with Crippen molar-refractivity contribution in [1.82, 2.24) is 21.3 Å². The van der Waals surface area contributed by atoms with Crippen LogP contribution >= 0.6 is 47.0 Å². The number of nitrogens with one attached hydrogen (secondary N) is 4. The topological polar surface area (TPSA) is 307 Å². The number of carbonyl (C=O) groups is 10. The first-order valence-electron chi connectivity index (χ1n) is 28.0. The van der Waals surface area contributed by atoms with Crippen LogP contribution in [0.4, 0.5) is 19.2 Å². The Balaban J connectivity index is 0.000000158. The Morgan fingerprint density at radius 3 is 0.957 bits per heavy atom. The Hall–Kier alpha value is -10.7. The van der Waals surface area contributed by atoms with Crippen molar-refractivity contribution < 1.29 is 77.5 Å². The van der Waals surface area contributed by atoms with Crippen LogP contribution < -0.4 is 35.5 Å². The zero-order valence-corrected chi connectivity index (χ0v) is 52.3. The van der Waals surface area contributed by atoms with Crippen molar-refractivity contribution in [2.45, 2.75) is 35.0 Å². The smallest absolute Gasteiger partial charge is 0.290 e. The molecular weight excluding hydrogens is 1270 g/mol. The van der Waals surface area contributed by atoms with Crippen LogP contribution in [-0.4, -0.2) is 95.3 Å². The maximum Gasteiger partial charge on any atom is 0.290 e. The third kappa shape index (κ3) is 22.1. The molecule has 4 heterocycles. The second-order valence-corrected chi connectivity index (χ2v) is 24.5. The van der Waals surface area contributed by atoms with E-state index in [2.05, 4.69) is 21.3 Å². The molecule has 4 aliphatic rings. The first-order valence-corrected chi connectivity index (χ1v) is 31.4. The first-order chi connectivity index (χ1) is 44.8. The number of aldehydes is 2. The van der Waals surface area contributed by atoms with Gasteiger partial charge in [-0.15, -0.1) is 0 Å². The molecule has 4 aliphatic heterocycles. The molecule has 7 N–H and O–H groups in total. The molecule has 8 aromatic rings. The van der Waals surface area contributed by atoms with Crippen LogP contribution in [0.1, 0.15) is 54.1 Å². The molecule has 0 bridgehead atoms. The van der Waals surface area contributed by atoms with E-state index in [-0.39, 0.29) is 77.6 Å². The molecule has 0 saturated carbocycles. The summed E-state index contributed by atoms with van der Waals surface area (Å²) >= 11 is 3.94. The molecule has 472 valence electrons. The minimum Gasteiger partial charge on any atom is -0.508 e. The van der Waals surface area contributed by atoms with Crippen LogP contribution in [0.5, 0.6) is 46.0 Å². The molecule has 8 amide bonds. The van der Waals surface area contributed by atoms with E-state index in [1.165, 1.54) is 24.3 Å². The van der Waals surface area contributed by atoms with Gasteiger partial charge in [0.25, 0.3) is 26.9 Å². The van der Waals surface area contributed by atoms with E-state index >= 15 is 0 Å². The molecule has 3 atom stereocenters. The van der Waals surface area contributed by atoms with Gasteiger partial charge in [-0.2, -0.15) is 0 Å². The number of aromatic hydroxyl groups is 3. The van der Waals surface area contributed by atoms with Crippen molar-refractivity contribution in [3.63, 3.8) is 0 Å². The van der Waals surface area contributed by atoms with E-state index in [9.17, 15) is 47.9 Å². The summed E-state index contributed by atoms with van der Waals surface area (Å²) in [7, 11) is 1.65. The summed E-state index contributed by atoms with van der Waals surface area (Å²) in [5.41, 5.74) is 6.96. The summed E-state index contributed by atoms with van der Waals surface area (Å²) in [6, 6.07) is 56.5. The number of rotatable bonds is 16. The second-order valence-electron chi connectivity index (χ2n) is 19.9. The summed E-state index contributed by atoms with van der Waals surface area (Å²) in [6.45, 7) is 0. The highest BCUT2D eigenvalue weighted by Crippen LogP contribution is 2.30. The third-order valence-corrected chi connectivity index (χ3v) is 16.9. The fourth-order valence-corrected chi connectivity index (χ4v) is 11.6. The van der Waals surface area contributed by atoms with E-state index in [1.807, 2.05) is 109 Å². The third-order valence-electron chi connectivity index (χ3n) is 13.2. The van der Waals surface area contributed by atoms with Gasteiger partial charge in [0, 0.05) is 11.1 Å². The van der Waals surface area contributed by atoms with E-state index < -0.39 is 0 Å². The van der Waals surface area contributed by atoms with Crippen LogP contribution in [0, 0.1) is 0 Å². The minimum absolute atomic E-state index is 0.164. The highest BCUT2D eigenvalue weighted by molar-refractivity contribution is 8.18. The molecule has 0 radical (unpaired) electrons. The summed E-state index contributed by atoms with van der Waals surface area (Å²) < 4.78 is 16.8. The molecule has 4 fully saturated rings. The van der Waals surface area contributed by atoms with E-state index in [4.69, 9.17) is 29.5 Å². The molecule has 24 heteroatoms. The second kappa shape index (κ2) is 34.0. The number of methoxy groups -OCH3 is 1. The normalized spacial score (nSPS) is 16.6. The van der Waals surface area contributed by atoms with Gasteiger partial charge < -0.3 is 29.5 Å². The summed E-state index contributed by atoms with van der Waals surface area (Å²) in [5.74, 6) is 3.05. The molecule has 4 saturated heterocycles. The number of hydrogen-bond donors (Lipinski definition) is 7. The minimum atomic E-state index is -0.377. The largest absolute Gasteiger partial charge is 0.508 e. The molecular formula is C69H56N4O16S4. The Morgan fingerprint density at radius 1 is 0.366 bits per heavy atom. The Morgan fingerprint density at radius 2 is 0.656 bits per heavy atom. The van der Waals surface area contributed by atoms with E-state index in [1.54, 1.807) is 86.0 Å². The Bertz CT molecular complexity index is 4040. The van der Waals surface area contributed by atoms with Gasteiger partial charge in [0.15, 0.2) is 0 Å². The summed E-state index contributed by atoms with van der Waals surface area (Å²) in [5, 5.41) is 33.6. The number of ether oxygens (including phenoxy) is 3. The van der Waals surface area contributed by atoms with E-state index in [0.29, 0.717) is 52.5 Å². The maximum atomic E-state index is 11.7. The summed E-state index contributed by atoms with van der Waals surface area (Å²) in [6.07, 6.45) is 8.72. The number of imide groups is 4. The van der Waals surface area contributed by atoms with Crippen molar-refractivity contribution in [2.75, 3.05) is 7.11 Å². The first kappa shape index (κ1) is 68.3. The van der Waals surface area contributed by atoms with Crippen LogP contribution in [-0.2, 0) is 38.4 Å². The van der Waals surface area contributed by atoms with Gasteiger partial charge in [0.1, 0.15) is 58.6 Å². The number of thioether (sulfide) groups is 4. The average molecular weight is 1330 g/mol. The number of amides is 8. The molecule has 0 aromatic heterocycles. The van der Waals surface area contributed by atoms with Crippen LogP contribution in [0.15, 0.2) is 199 Å². The van der Waals surface area contributed by atoms with Gasteiger partial charge >= 0.3 is 0 Å². The molecule has 0 spiro atoms. The lowest BCUT2D eigenvalue weighted by molar-refractivity contribution is -0.119. The monoisotopic (exact) mass is 1320 g/mol. The standard InChI is InChI=1S/C25H21NO4S.C17H13NO4S.C10H9NO3S.C10H7NO3S.C7H6O2/c1-29-20-10-4-17(5-11-20)2-3-18-6-12-21(13-7-18)30-22-14-8-19(9-15-22)16-23-24(27)26-25(28)31-23;19-10-12-3-7-14(8-4-12)22-13-5-1-11(2-6-13)9-15-16(20)18-17(21)23-15;2*12-7-3-1-6(2-4-7)5-8-9(13)11-10(14)15-8;8-5-6-1-3-7(9)4-2-6/h2-15,23H,16H2,1H3,(H,26,27,28);1-8,10,15H,9H2,(H,18,20,21);1-4,8,12H,5H2,(H,11,13,14);1-5,12H,(H,11,13,14);1-5,9H/b3-2-;;;8-5-;. The number of phenolic OH excluding ortho intramolecular Hbond substituents is 3. The van der Waals surface area contributed by atoms with Gasteiger partial charge in [-0.3, -0.25) is 69.2 Å². The predicted molar refractivity (Wildman–Crippen MR) is 358 cm³/mol. The molecule has 20 nitrogen and oxygen atoms in total. The molecule has 0 aliphatic carbocycles. The van der Waals surface area contributed by atoms with Crippen LogP contribution in [0.3, 0.4) is 0 Å². The van der Waals surface area contributed by atoms with Gasteiger partial charge in [-0.1, -0.05) is 120 Å². The van der Waals surface area contributed by atoms with E-state index in [0.717, 1.165) is 104 Å². The zero-order chi connectivity index (χ0) is 66.2. The predicted octanol–water partition coefficient (Wildman–Crippen LogP) is 12.9. The number of phenols is 3. The lowest BCUT2D eigenvalue weighted by atomic mass is 10.1. The summed E-state index contributed by atoms with van der Waals surface area (Å²) in [4.78, 5) is 111. The fourth-order valence-electron chi connectivity index (χ4n) is 8.38. The average Bonchev–Trinajstić information content (AvgIpc) is 2.67. The number of carbonyl (C=O) groups excluding carboxylic acids is 10. The fraction of sp³-hybridized carbons (Fsp3) is 0.101. The highest BCUT2D eigenvalue weighted by atomic mass is 32.2. The van der Waals surface area contributed by atoms with Crippen molar-refractivity contribution in [2.24, 2.45) is 0 Å². The number of benzene rings is 8. The van der Waals surface area contributed by atoms with Gasteiger partial charge in [0.05, 0.1) is 27.8 Å². The van der Waals surface area contributed by atoms with Crippen LogP contribution in [0.25, 0.3) is 18.2 Å². The number of hydrogen-bond acceptors (Lipinski definition) is 20. The van der Waals surface area contributed by atoms with Crippen molar-refractivity contribution in [3.8, 4) is 46.0 Å². The SMILES string of the molecule is COc1ccc(/C=C\c2ccc(Oc3ccc(CC4SC(=O)NC4=O)cc3)cc2)cc1.O=C1NC(=O)/C(=C/c2ccc(O)cc2)S1.O=C1NC(=O)C(Cc2ccc(O)cc2)S1.O=Cc1ccc(O)cc1.O=Cc1ccc(Oc2ccc(CC3SC(=O)NC3=O)cc2)cc1. The van der Waals surface area contributed by atoms with Crippen LogP contribution in [0.2, 0.25) is 0 Å². The molecule has 93 heavy (non-hydrogen) atoms. The van der Waals surface area contributed by atoms with Gasteiger partial charge in [-0.05, 0) is 192 Å². The Labute approximate surface area is 549 Å². The molecule has 8 aromatic carbocycles. The molecule has 3 unspecified atom stereocenters. The molecule has 12 rings (SSSR count). The van der Waals surface area contributed by atoms with Crippen molar-refractivity contribution >= 4 is 122 Å². The lowest BCUT2D eigenvalue weighted by Crippen LogP contribution is -2.25. The van der Waals surface area contributed by atoms with Gasteiger partial charge in [0.2, 0.25) is 17.7 Å². The van der Waals surface area contributed by atoms with Crippen molar-refractivity contribution in [3.05, 3.63) is 244 Å². The lowest BCUT2D eigenvalue weighted by Gasteiger charge is -2.08. The highest BCUT2D eigenvalue weighted by Gasteiger charge is 2.33.